The first-order valence-corrected chi connectivity index (χ1v) is 7.04. The zero-order chi connectivity index (χ0) is 13.0. The number of aryl methyl sites for hydroxylation is 1. The lowest BCUT2D eigenvalue weighted by molar-refractivity contribution is -0.117. The van der Waals surface area contributed by atoms with Gasteiger partial charge < -0.3 is 10.4 Å². The number of amides is 1. The lowest BCUT2D eigenvalue weighted by atomic mass is 9.93. The third-order valence-corrected chi connectivity index (χ3v) is 3.96. The minimum Gasteiger partial charge on any atom is -0.393 e. The normalized spacial score (nSPS) is 24.3. The van der Waals surface area contributed by atoms with Gasteiger partial charge in [0.2, 0.25) is 5.91 Å². The maximum absolute atomic E-state index is 11.7. The third-order valence-electron chi connectivity index (χ3n) is 3.08. The Balaban J connectivity index is 1.80. The highest BCUT2D eigenvalue weighted by Gasteiger charge is 2.19. The van der Waals surface area contributed by atoms with Crippen LogP contribution in [0.3, 0.4) is 0 Å². The van der Waals surface area contributed by atoms with Crippen molar-refractivity contribution in [2.75, 3.05) is 0 Å². The predicted octanol–water partition coefficient (Wildman–Crippen LogP) is 1.88. The molecule has 1 saturated carbocycles. The van der Waals surface area contributed by atoms with Crippen LogP contribution in [0.2, 0.25) is 0 Å². The van der Waals surface area contributed by atoms with Gasteiger partial charge in [-0.2, -0.15) is 0 Å². The first kappa shape index (κ1) is 13.2. The van der Waals surface area contributed by atoms with Crippen molar-refractivity contribution in [2.45, 2.75) is 44.8 Å². The molecule has 0 bridgehead atoms. The van der Waals surface area contributed by atoms with E-state index in [1.807, 2.05) is 6.92 Å². The highest BCUT2D eigenvalue weighted by molar-refractivity contribution is 7.12. The summed E-state index contributed by atoms with van der Waals surface area (Å²) in [6.07, 6.45) is 8.21. The number of nitrogens with one attached hydrogen (secondary N) is 1. The molecule has 0 aliphatic heterocycles. The molecule has 4 nitrogen and oxygen atoms in total. The van der Waals surface area contributed by atoms with E-state index in [4.69, 9.17) is 0 Å². The van der Waals surface area contributed by atoms with Gasteiger partial charge in [0.25, 0.3) is 0 Å². The Hall–Kier alpha value is -1.20. The van der Waals surface area contributed by atoms with Crippen molar-refractivity contribution in [3.63, 3.8) is 0 Å². The van der Waals surface area contributed by atoms with Crippen molar-refractivity contribution in [3.8, 4) is 0 Å². The maximum atomic E-state index is 11.7. The number of hydrogen-bond donors (Lipinski definition) is 2. The van der Waals surface area contributed by atoms with Gasteiger partial charge in [0.15, 0.2) is 0 Å². The monoisotopic (exact) mass is 266 g/mol. The zero-order valence-electron chi connectivity index (χ0n) is 10.4. The standard InChI is InChI=1S/C13H18N2O2S/c1-9-14-8-12(18-9)6-7-13(17)15-10-2-4-11(16)5-3-10/h6-8,10-11,16H,2-5H2,1H3,(H,15,17). The van der Waals surface area contributed by atoms with E-state index in [0.29, 0.717) is 0 Å². The van der Waals surface area contributed by atoms with Gasteiger partial charge >= 0.3 is 0 Å². The number of carbonyl (C=O) groups is 1. The molecule has 1 aliphatic carbocycles. The van der Waals surface area contributed by atoms with E-state index < -0.39 is 0 Å². The topological polar surface area (TPSA) is 62.2 Å². The summed E-state index contributed by atoms with van der Waals surface area (Å²) in [4.78, 5) is 16.8. The van der Waals surface area contributed by atoms with E-state index in [-0.39, 0.29) is 18.1 Å². The van der Waals surface area contributed by atoms with E-state index >= 15 is 0 Å². The number of hydrogen-bond acceptors (Lipinski definition) is 4. The Labute approximate surface area is 111 Å². The van der Waals surface area contributed by atoms with E-state index in [1.54, 1.807) is 29.7 Å². The molecule has 1 heterocycles. The fraction of sp³-hybridized carbons (Fsp3) is 0.538. The average molecular weight is 266 g/mol. The number of rotatable bonds is 3. The third kappa shape index (κ3) is 3.92. The van der Waals surface area contributed by atoms with Crippen LogP contribution in [0, 0.1) is 6.92 Å². The minimum atomic E-state index is -0.186. The largest absolute Gasteiger partial charge is 0.393 e. The van der Waals surface area contributed by atoms with Gasteiger partial charge in [-0.05, 0) is 38.7 Å². The fourth-order valence-electron chi connectivity index (χ4n) is 2.08. The summed E-state index contributed by atoms with van der Waals surface area (Å²) < 4.78 is 0. The molecule has 1 amide bonds. The van der Waals surface area contributed by atoms with E-state index in [2.05, 4.69) is 10.3 Å². The van der Waals surface area contributed by atoms with Crippen LogP contribution in [0.15, 0.2) is 12.3 Å². The molecule has 18 heavy (non-hydrogen) atoms. The highest BCUT2D eigenvalue weighted by Crippen LogP contribution is 2.18. The number of aliphatic hydroxyl groups excluding tert-OH is 1. The zero-order valence-corrected chi connectivity index (χ0v) is 11.2. The van der Waals surface area contributed by atoms with Crippen molar-refractivity contribution < 1.29 is 9.90 Å². The number of nitrogens with zero attached hydrogens (tertiary/aromatic N) is 1. The predicted molar refractivity (Wildman–Crippen MR) is 72.3 cm³/mol. The molecule has 1 aromatic rings. The van der Waals surface area contributed by atoms with Gasteiger partial charge in [0.1, 0.15) is 0 Å². The first-order valence-electron chi connectivity index (χ1n) is 6.22. The fourth-order valence-corrected chi connectivity index (χ4v) is 2.77. The van der Waals surface area contributed by atoms with Crippen molar-refractivity contribution in [3.05, 3.63) is 22.2 Å². The molecule has 1 fully saturated rings. The van der Waals surface area contributed by atoms with Crippen LogP contribution in [-0.4, -0.2) is 28.1 Å². The molecule has 0 saturated heterocycles. The first-order chi connectivity index (χ1) is 8.63. The van der Waals surface area contributed by atoms with Crippen molar-refractivity contribution in [1.82, 2.24) is 10.3 Å². The summed E-state index contributed by atoms with van der Waals surface area (Å²) >= 11 is 1.57. The number of thiazole rings is 1. The summed E-state index contributed by atoms with van der Waals surface area (Å²) in [5, 5.41) is 13.3. The molecule has 0 atom stereocenters. The number of carbonyl (C=O) groups excluding carboxylic acids is 1. The molecule has 1 aromatic heterocycles. The van der Waals surface area contributed by atoms with E-state index in [0.717, 1.165) is 35.6 Å². The minimum absolute atomic E-state index is 0.0672. The molecule has 2 N–H and O–H groups in total. The van der Waals surface area contributed by atoms with Gasteiger partial charge in [0.05, 0.1) is 11.1 Å². The van der Waals surface area contributed by atoms with Crippen LogP contribution in [0.25, 0.3) is 6.08 Å². The lowest BCUT2D eigenvalue weighted by Crippen LogP contribution is -2.37. The smallest absolute Gasteiger partial charge is 0.244 e. The van der Waals surface area contributed by atoms with Gasteiger partial charge in [-0.3, -0.25) is 4.79 Å². The van der Waals surface area contributed by atoms with Crippen molar-refractivity contribution in [1.29, 1.82) is 0 Å². The number of aromatic nitrogens is 1. The molecular formula is C13H18N2O2S. The molecule has 0 spiro atoms. The van der Waals surface area contributed by atoms with E-state index in [9.17, 15) is 9.90 Å². The van der Waals surface area contributed by atoms with Crippen LogP contribution in [-0.2, 0) is 4.79 Å². The van der Waals surface area contributed by atoms with Crippen LogP contribution < -0.4 is 5.32 Å². The van der Waals surface area contributed by atoms with Crippen LogP contribution >= 0.6 is 11.3 Å². The van der Waals surface area contributed by atoms with Gasteiger partial charge in [-0.1, -0.05) is 0 Å². The second-order valence-electron chi connectivity index (χ2n) is 4.63. The Morgan fingerprint density at radius 2 is 2.22 bits per heavy atom. The molecular weight excluding hydrogens is 248 g/mol. The van der Waals surface area contributed by atoms with Crippen molar-refractivity contribution in [2.24, 2.45) is 0 Å². The molecule has 2 rings (SSSR count). The Morgan fingerprint density at radius 3 is 2.83 bits per heavy atom. The summed E-state index contributed by atoms with van der Waals surface area (Å²) in [7, 11) is 0. The second-order valence-corrected chi connectivity index (χ2v) is 5.90. The van der Waals surface area contributed by atoms with Gasteiger partial charge in [0, 0.05) is 23.2 Å². The van der Waals surface area contributed by atoms with Crippen molar-refractivity contribution >= 4 is 23.3 Å². The second kappa shape index (κ2) is 6.11. The summed E-state index contributed by atoms with van der Waals surface area (Å²) in [6.45, 7) is 1.94. The molecule has 98 valence electrons. The van der Waals surface area contributed by atoms with Gasteiger partial charge in [-0.15, -0.1) is 11.3 Å². The summed E-state index contributed by atoms with van der Waals surface area (Å²) in [6, 6.07) is 0.203. The summed E-state index contributed by atoms with van der Waals surface area (Å²) in [5.41, 5.74) is 0. The summed E-state index contributed by atoms with van der Waals surface area (Å²) in [5.74, 6) is -0.0672. The Bertz CT molecular complexity index is 434. The molecule has 5 heteroatoms. The Kier molecular flexibility index (Phi) is 4.49. The van der Waals surface area contributed by atoms with Gasteiger partial charge in [-0.25, -0.2) is 4.98 Å². The lowest BCUT2D eigenvalue weighted by Gasteiger charge is -2.25. The average Bonchev–Trinajstić information content (AvgIpc) is 2.76. The maximum Gasteiger partial charge on any atom is 0.244 e. The SMILES string of the molecule is Cc1ncc(C=CC(=O)NC2CCC(O)CC2)s1. The molecule has 1 aliphatic rings. The molecule has 0 unspecified atom stereocenters. The highest BCUT2D eigenvalue weighted by atomic mass is 32.1. The van der Waals surface area contributed by atoms with Crippen LogP contribution in [0.5, 0.6) is 0 Å². The van der Waals surface area contributed by atoms with Crippen LogP contribution in [0.4, 0.5) is 0 Å². The Morgan fingerprint density at radius 1 is 1.50 bits per heavy atom. The molecule has 0 radical (unpaired) electrons. The van der Waals surface area contributed by atoms with E-state index in [1.165, 1.54) is 0 Å². The quantitative estimate of drug-likeness (QED) is 0.821. The number of aliphatic hydroxyl groups is 1. The molecule has 0 aromatic carbocycles. The van der Waals surface area contributed by atoms with Crippen LogP contribution in [0.1, 0.15) is 35.6 Å².